The molecule has 0 saturated carbocycles. The van der Waals surface area contributed by atoms with Crippen LogP contribution in [0.5, 0.6) is 0 Å². The van der Waals surface area contributed by atoms with Gasteiger partial charge in [-0.3, -0.25) is 23.4 Å². The van der Waals surface area contributed by atoms with Crippen molar-refractivity contribution in [3.8, 4) is 0 Å². The lowest BCUT2D eigenvalue weighted by molar-refractivity contribution is -0.122. The highest BCUT2D eigenvalue weighted by atomic mass is 32.2. The van der Waals surface area contributed by atoms with Gasteiger partial charge in [-0.05, 0) is 38.3 Å². The number of para-hydroxylation sites is 1. The molecule has 182 valence electrons. The number of nitrogens with zero attached hydrogens (tertiary/aromatic N) is 4. The third-order valence-corrected chi connectivity index (χ3v) is 6.87. The van der Waals surface area contributed by atoms with Crippen molar-refractivity contribution < 1.29 is 14.3 Å². The molecular weight excluding hydrogens is 456 g/mol. The Labute approximate surface area is 201 Å². The molecule has 1 saturated heterocycles. The monoisotopic (exact) mass is 486 g/mol. The standard InChI is InChI=1S/C23H30N6O4S/c1-3-15(2)25-19(30)10-11-28-21(32)17-8-4-5-9-18(17)29-22(28)26-27-23(29)34-14-20(31)24-13-16-7-6-12-33-16/h4-5,8-9,15-16H,3,6-7,10-14H2,1-2H3,(H,24,31)(H,25,30)/t15-,16+/m1/s1. The maximum absolute atomic E-state index is 13.2. The summed E-state index contributed by atoms with van der Waals surface area (Å²) in [5, 5.41) is 15.3. The molecule has 1 aliphatic heterocycles. The average molecular weight is 487 g/mol. The molecule has 10 nitrogen and oxygen atoms in total. The van der Waals surface area contributed by atoms with Crippen molar-refractivity contribution in [2.24, 2.45) is 0 Å². The molecular formula is C23H30N6O4S. The van der Waals surface area contributed by atoms with Gasteiger partial charge < -0.3 is 15.4 Å². The minimum atomic E-state index is -0.224. The number of fused-ring (bicyclic) bond motifs is 3. The second-order valence-electron chi connectivity index (χ2n) is 8.45. The number of carbonyl (C=O) groups is 2. The summed E-state index contributed by atoms with van der Waals surface area (Å²) in [6, 6.07) is 7.28. The van der Waals surface area contributed by atoms with Crippen LogP contribution >= 0.6 is 11.8 Å². The molecule has 0 unspecified atom stereocenters. The highest BCUT2D eigenvalue weighted by molar-refractivity contribution is 7.99. The summed E-state index contributed by atoms with van der Waals surface area (Å²) in [5.74, 6) is 0.279. The summed E-state index contributed by atoms with van der Waals surface area (Å²) in [5.41, 5.74) is 0.438. The normalized spacial score (nSPS) is 16.7. The van der Waals surface area contributed by atoms with Crippen LogP contribution in [0.25, 0.3) is 16.7 Å². The molecule has 3 aromatic rings. The number of rotatable bonds is 10. The van der Waals surface area contributed by atoms with Gasteiger partial charge in [-0.15, -0.1) is 10.2 Å². The van der Waals surface area contributed by atoms with E-state index in [1.165, 1.54) is 16.3 Å². The molecule has 11 heteroatoms. The Kier molecular flexibility index (Phi) is 7.84. The molecule has 1 fully saturated rings. The number of amides is 2. The zero-order valence-corrected chi connectivity index (χ0v) is 20.3. The summed E-state index contributed by atoms with van der Waals surface area (Å²) in [6.07, 6.45) is 3.05. The third kappa shape index (κ3) is 5.41. The maximum atomic E-state index is 13.2. The smallest absolute Gasteiger partial charge is 0.262 e. The summed E-state index contributed by atoms with van der Waals surface area (Å²) in [6.45, 7) is 5.37. The summed E-state index contributed by atoms with van der Waals surface area (Å²) >= 11 is 1.25. The van der Waals surface area contributed by atoms with Crippen molar-refractivity contribution in [1.29, 1.82) is 0 Å². The van der Waals surface area contributed by atoms with E-state index in [2.05, 4.69) is 20.8 Å². The van der Waals surface area contributed by atoms with Crippen LogP contribution in [-0.4, -0.2) is 62.0 Å². The first-order valence-corrected chi connectivity index (χ1v) is 12.6. The van der Waals surface area contributed by atoms with Gasteiger partial charge in [0.2, 0.25) is 17.6 Å². The molecule has 2 N–H and O–H groups in total. The van der Waals surface area contributed by atoms with Gasteiger partial charge in [0.05, 0.1) is 22.8 Å². The number of hydrogen-bond donors (Lipinski definition) is 2. The van der Waals surface area contributed by atoms with Gasteiger partial charge in [0.25, 0.3) is 5.56 Å². The van der Waals surface area contributed by atoms with E-state index in [9.17, 15) is 14.4 Å². The van der Waals surface area contributed by atoms with Gasteiger partial charge in [-0.2, -0.15) is 0 Å². The van der Waals surface area contributed by atoms with Gasteiger partial charge in [0.1, 0.15) is 0 Å². The fourth-order valence-electron chi connectivity index (χ4n) is 3.91. The van der Waals surface area contributed by atoms with Crippen LogP contribution in [0.15, 0.2) is 34.2 Å². The molecule has 3 heterocycles. The Morgan fingerprint density at radius 1 is 1.26 bits per heavy atom. The van der Waals surface area contributed by atoms with E-state index in [0.29, 0.717) is 28.4 Å². The first kappa shape index (κ1) is 24.2. The van der Waals surface area contributed by atoms with Gasteiger partial charge in [-0.25, -0.2) is 0 Å². The molecule has 2 amide bonds. The summed E-state index contributed by atoms with van der Waals surface area (Å²) in [4.78, 5) is 37.9. The van der Waals surface area contributed by atoms with E-state index in [-0.39, 0.29) is 48.2 Å². The number of aromatic nitrogens is 4. The fourth-order valence-corrected chi connectivity index (χ4v) is 4.68. The fraction of sp³-hybridized carbons (Fsp3) is 0.522. The van der Waals surface area contributed by atoms with E-state index in [1.807, 2.05) is 26.0 Å². The van der Waals surface area contributed by atoms with E-state index in [1.54, 1.807) is 16.5 Å². The van der Waals surface area contributed by atoms with Crippen molar-refractivity contribution in [2.45, 2.75) is 63.4 Å². The topological polar surface area (TPSA) is 120 Å². The molecule has 2 aromatic heterocycles. The second kappa shape index (κ2) is 11.0. The van der Waals surface area contributed by atoms with Crippen molar-refractivity contribution >= 4 is 40.3 Å². The average Bonchev–Trinajstić information content (AvgIpc) is 3.51. The number of hydrogen-bond acceptors (Lipinski definition) is 7. The summed E-state index contributed by atoms with van der Waals surface area (Å²) in [7, 11) is 0. The molecule has 0 aliphatic carbocycles. The lowest BCUT2D eigenvalue weighted by atomic mass is 10.2. The minimum Gasteiger partial charge on any atom is -0.376 e. The van der Waals surface area contributed by atoms with Crippen LogP contribution in [0.1, 0.15) is 39.5 Å². The highest BCUT2D eigenvalue weighted by Crippen LogP contribution is 2.21. The Morgan fingerprint density at radius 2 is 2.09 bits per heavy atom. The predicted molar refractivity (Wildman–Crippen MR) is 130 cm³/mol. The Hall–Kier alpha value is -2.92. The lowest BCUT2D eigenvalue weighted by Crippen LogP contribution is -2.33. The van der Waals surface area contributed by atoms with E-state index < -0.39 is 0 Å². The van der Waals surface area contributed by atoms with Crippen molar-refractivity contribution in [3.63, 3.8) is 0 Å². The van der Waals surface area contributed by atoms with E-state index in [4.69, 9.17) is 4.74 Å². The molecule has 2 atom stereocenters. The van der Waals surface area contributed by atoms with E-state index >= 15 is 0 Å². The van der Waals surface area contributed by atoms with Gasteiger partial charge >= 0.3 is 0 Å². The number of benzene rings is 1. The van der Waals surface area contributed by atoms with Crippen LogP contribution in [0, 0.1) is 0 Å². The zero-order chi connectivity index (χ0) is 24.1. The van der Waals surface area contributed by atoms with Crippen molar-refractivity contribution in [2.75, 3.05) is 18.9 Å². The number of thioether (sulfide) groups is 1. The molecule has 1 aliphatic rings. The van der Waals surface area contributed by atoms with Crippen LogP contribution in [0.2, 0.25) is 0 Å². The molecule has 34 heavy (non-hydrogen) atoms. The number of aryl methyl sites for hydroxylation is 1. The van der Waals surface area contributed by atoms with Gasteiger partial charge in [-0.1, -0.05) is 30.8 Å². The SMILES string of the molecule is CC[C@@H](C)NC(=O)CCn1c(=O)c2ccccc2n2c(SCC(=O)NC[C@@H]3CCCO3)nnc12. The van der Waals surface area contributed by atoms with Crippen molar-refractivity contribution in [3.05, 3.63) is 34.6 Å². The number of nitrogens with one attached hydrogen (secondary N) is 2. The minimum absolute atomic E-state index is 0.0725. The Bertz CT molecular complexity index is 1230. The largest absolute Gasteiger partial charge is 0.376 e. The van der Waals surface area contributed by atoms with Crippen LogP contribution < -0.4 is 16.2 Å². The van der Waals surface area contributed by atoms with E-state index in [0.717, 1.165) is 25.9 Å². The van der Waals surface area contributed by atoms with Crippen LogP contribution in [-0.2, 0) is 20.9 Å². The quantitative estimate of drug-likeness (QED) is 0.419. The third-order valence-electron chi connectivity index (χ3n) is 5.94. The molecule has 4 rings (SSSR count). The predicted octanol–water partition coefficient (Wildman–Crippen LogP) is 1.74. The Morgan fingerprint density at radius 3 is 2.85 bits per heavy atom. The summed E-state index contributed by atoms with van der Waals surface area (Å²) < 4.78 is 8.80. The van der Waals surface area contributed by atoms with Crippen molar-refractivity contribution in [1.82, 2.24) is 29.8 Å². The van der Waals surface area contributed by atoms with Gasteiger partial charge in [0.15, 0.2) is 5.16 Å². The highest BCUT2D eigenvalue weighted by Gasteiger charge is 2.19. The number of carbonyl (C=O) groups excluding carboxylic acids is 2. The maximum Gasteiger partial charge on any atom is 0.262 e. The Balaban J connectivity index is 1.55. The van der Waals surface area contributed by atoms with Crippen LogP contribution in [0.3, 0.4) is 0 Å². The zero-order valence-electron chi connectivity index (χ0n) is 19.5. The first-order chi connectivity index (χ1) is 16.5. The van der Waals surface area contributed by atoms with Gasteiger partial charge in [0, 0.05) is 32.2 Å². The first-order valence-electron chi connectivity index (χ1n) is 11.6. The molecule has 0 bridgehead atoms. The molecule has 0 spiro atoms. The second-order valence-corrected chi connectivity index (χ2v) is 9.39. The number of ether oxygens (including phenoxy) is 1. The molecule has 1 aromatic carbocycles. The van der Waals surface area contributed by atoms with Crippen LogP contribution in [0.4, 0.5) is 0 Å². The lowest BCUT2D eigenvalue weighted by Gasteiger charge is -2.13. The molecule has 0 radical (unpaired) electrons.